The Kier molecular flexibility index (Phi) is 6.98. The van der Waals surface area contributed by atoms with Crippen molar-refractivity contribution in [2.75, 3.05) is 24.7 Å². The van der Waals surface area contributed by atoms with E-state index in [1.165, 1.54) is 29.6 Å². The quantitative estimate of drug-likeness (QED) is 0.414. The Morgan fingerprint density at radius 3 is 2.92 bits per heavy atom. The summed E-state index contributed by atoms with van der Waals surface area (Å²) < 4.78 is 6.47. The number of hydrogen-bond acceptors (Lipinski definition) is 7. The van der Waals surface area contributed by atoms with Crippen LogP contribution in [0.1, 0.15) is 20.3 Å². The van der Waals surface area contributed by atoms with Crippen molar-refractivity contribution in [2.24, 2.45) is 0 Å². The van der Waals surface area contributed by atoms with Gasteiger partial charge in [-0.1, -0.05) is 30.4 Å². The van der Waals surface area contributed by atoms with Crippen molar-refractivity contribution in [1.82, 2.24) is 19.7 Å². The van der Waals surface area contributed by atoms with Crippen molar-refractivity contribution < 1.29 is 14.3 Å². The summed E-state index contributed by atoms with van der Waals surface area (Å²) in [6, 6.07) is 0. The molecular weight excluding hydrogens is 352 g/mol. The molecule has 0 aliphatic carbocycles. The first-order valence-electron chi connectivity index (χ1n) is 7.66. The summed E-state index contributed by atoms with van der Waals surface area (Å²) in [7, 11) is 0. The third-order valence-corrected chi connectivity index (χ3v) is 5.14. The molecular formula is C14H20N4O4S2. The second kappa shape index (κ2) is 8.97. The number of carbonyl (C=O) groups excluding carboxylic acids is 2. The highest BCUT2D eigenvalue weighted by Gasteiger charge is 2.27. The lowest BCUT2D eigenvalue weighted by molar-refractivity contribution is -0.137. The van der Waals surface area contributed by atoms with Gasteiger partial charge in [-0.05, 0) is 13.3 Å². The number of amides is 1. The van der Waals surface area contributed by atoms with Crippen LogP contribution in [-0.4, -0.2) is 56.2 Å². The van der Waals surface area contributed by atoms with Gasteiger partial charge in [0.2, 0.25) is 5.91 Å². The zero-order valence-electron chi connectivity index (χ0n) is 13.6. The Balaban J connectivity index is 1.96. The van der Waals surface area contributed by atoms with Crippen molar-refractivity contribution >= 4 is 35.4 Å². The zero-order valence-corrected chi connectivity index (χ0v) is 15.2. The predicted octanol–water partition coefficient (Wildman–Crippen LogP) is 1.05. The SMILES string of the molecule is CCCn1c(SCCN2C(=O)CS/C2=C/C(=O)OCC)n[nH]c1=O. The summed E-state index contributed by atoms with van der Waals surface area (Å²) in [6.45, 7) is 5.06. The number of esters is 1. The third kappa shape index (κ3) is 4.67. The minimum Gasteiger partial charge on any atom is -0.463 e. The van der Waals surface area contributed by atoms with Crippen LogP contribution in [0.2, 0.25) is 0 Å². The lowest BCUT2D eigenvalue weighted by atomic mass is 10.5. The molecule has 0 saturated carbocycles. The van der Waals surface area contributed by atoms with E-state index in [1.54, 1.807) is 16.4 Å². The molecule has 0 radical (unpaired) electrons. The van der Waals surface area contributed by atoms with Crippen LogP contribution in [0.3, 0.4) is 0 Å². The molecule has 10 heteroatoms. The number of hydrogen-bond donors (Lipinski definition) is 1. The van der Waals surface area contributed by atoms with Gasteiger partial charge in [-0.2, -0.15) is 0 Å². The van der Waals surface area contributed by atoms with Crippen LogP contribution in [0.5, 0.6) is 0 Å². The van der Waals surface area contributed by atoms with E-state index < -0.39 is 5.97 Å². The maximum Gasteiger partial charge on any atom is 0.343 e. The van der Waals surface area contributed by atoms with E-state index in [0.717, 1.165) is 6.42 Å². The molecule has 1 aliphatic heterocycles. The smallest absolute Gasteiger partial charge is 0.343 e. The molecule has 1 N–H and O–H groups in total. The number of H-pyrrole nitrogens is 1. The van der Waals surface area contributed by atoms with Crippen LogP contribution in [0.4, 0.5) is 0 Å². The van der Waals surface area contributed by atoms with Gasteiger partial charge in [0.15, 0.2) is 5.16 Å². The number of ether oxygens (including phenoxy) is 1. The van der Waals surface area contributed by atoms with Crippen LogP contribution < -0.4 is 5.69 Å². The predicted molar refractivity (Wildman–Crippen MR) is 92.7 cm³/mol. The van der Waals surface area contributed by atoms with Crippen molar-refractivity contribution in [3.05, 3.63) is 21.6 Å². The van der Waals surface area contributed by atoms with Crippen molar-refractivity contribution in [3.8, 4) is 0 Å². The molecule has 0 aromatic carbocycles. The molecule has 1 saturated heterocycles. The molecule has 1 aromatic rings. The van der Waals surface area contributed by atoms with Crippen LogP contribution in [0, 0.1) is 0 Å². The monoisotopic (exact) mass is 372 g/mol. The number of aromatic amines is 1. The van der Waals surface area contributed by atoms with Crippen LogP contribution in [0.25, 0.3) is 0 Å². The molecule has 1 aromatic heterocycles. The van der Waals surface area contributed by atoms with Gasteiger partial charge in [-0.25, -0.2) is 14.7 Å². The van der Waals surface area contributed by atoms with E-state index in [4.69, 9.17) is 4.74 Å². The minimum atomic E-state index is -0.448. The summed E-state index contributed by atoms with van der Waals surface area (Å²) >= 11 is 2.73. The fourth-order valence-electron chi connectivity index (χ4n) is 2.12. The summed E-state index contributed by atoms with van der Waals surface area (Å²) in [5.74, 6) is 0.403. The van der Waals surface area contributed by atoms with Gasteiger partial charge in [-0.15, -0.1) is 5.10 Å². The second-order valence-electron chi connectivity index (χ2n) is 4.88. The fourth-order valence-corrected chi connectivity index (χ4v) is 3.97. The standard InChI is InChI=1S/C14H20N4O4S2/c1-3-5-18-13(21)15-16-14(18)23-7-6-17-10(19)9-24-11(17)8-12(20)22-4-2/h8H,3-7,9H2,1-2H3,(H,15,21)/b11-8+. The second-order valence-corrected chi connectivity index (χ2v) is 6.94. The Morgan fingerprint density at radius 2 is 2.21 bits per heavy atom. The number of thioether (sulfide) groups is 2. The number of nitrogens with one attached hydrogen (secondary N) is 1. The fraction of sp³-hybridized carbons (Fsp3) is 0.571. The van der Waals surface area contributed by atoms with E-state index in [9.17, 15) is 14.4 Å². The van der Waals surface area contributed by atoms with E-state index in [2.05, 4.69) is 10.2 Å². The molecule has 0 atom stereocenters. The Hall–Kier alpha value is -1.68. The van der Waals surface area contributed by atoms with Gasteiger partial charge in [0.1, 0.15) is 0 Å². The average Bonchev–Trinajstić information content (AvgIpc) is 3.06. The first-order chi connectivity index (χ1) is 11.6. The lowest BCUT2D eigenvalue weighted by Crippen LogP contribution is -2.27. The number of carbonyl (C=O) groups is 2. The van der Waals surface area contributed by atoms with E-state index in [-0.39, 0.29) is 11.6 Å². The van der Waals surface area contributed by atoms with Gasteiger partial charge in [-0.3, -0.25) is 9.36 Å². The Morgan fingerprint density at radius 1 is 1.42 bits per heavy atom. The number of rotatable bonds is 8. The first kappa shape index (κ1) is 18.7. The molecule has 1 fully saturated rings. The van der Waals surface area contributed by atoms with Gasteiger partial charge in [0.05, 0.1) is 23.5 Å². The third-order valence-electron chi connectivity index (χ3n) is 3.16. The largest absolute Gasteiger partial charge is 0.463 e. The van der Waals surface area contributed by atoms with Gasteiger partial charge >= 0.3 is 11.7 Å². The normalized spacial score (nSPS) is 16.2. The molecule has 2 heterocycles. The molecule has 1 aliphatic rings. The maximum absolute atomic E-state index is 12.0. The highest BCUT2D eigenvalue weighted by molar-refractivity contribution is 8.04. The van der Waals surface area contributed by atoms with Crippen LogP contribution >= 0.6 is 23.5 Å². The highest BCUT2D eigenvalue weighted by Crippen LogP contribution is 2.29. The van der Waals surface area contributed by atoms with Crippen molar-refractivity contribution in [3.63, 3.8) is 0 Å². The Bertz CT molecular complexity index is 683. The maximum atomic E-state index is 12.0. The van der Waals surface area contributed by atoms with Gasteiger partial charge in [0, 0.05) is 18.8 Å². The summed E-state index contributed by atoms with van der Waals surface area (Å²) in [5, 5.41) is 7.65. The van der Waals surface area contributed by atoms with E-state index >= 15 is 0 Å². The van der Waals surface area contributed by atoms with Crippen molar-refractivity contribution in [1.29, 1.82) is 0 Å². The number of nitrogens with zero attached hydrogens (tertiary/aromatic N) is 3. The topological polar surface area (TPSA) is 97.3 Å². The molecule has 132 valence electrons. The molecule has 1 amide bonds. The van der Waals surface area contributed by atoms with Crippen LogP contribution in [0.15, 0.2) is 21.1 Å². The molecule has 0 bridgehead atoms. The first-order valence-corrected chi connectivity index (χ1v) is 9.63. The lowest BCUT2D eigenvalue weighted by Gasteiger charge is -2.16. The molecule has 2 rings (SSSR count). The van der Waals surface area contributed by atoms with Crippen LogP contribution in [-0.2, 0) is 20.9 Å². The van der Waals surface area contributed by atoms with E-state index in [1.807, 2.05) is 6.92 Å². The molecule has 8 nitrogen and oxygen atoms in total. The average molecular weight is 372 g/mol. The van der Waals surface area contributed by atoms with Crippen molar-refractivity contribution in [2.45, 2.75) is 32.0 Å². The van der Waals surface area contributed by atoms with Gasteiger partial charge in [0.25, 0.3) is 0 Å². The zero-order chi connectivity index (χ0) is 17.5. The minimum absolute atomic E-state index is 0.0378. The molecule has 0 spiro atoms. The molecule has 0 unspecified atom stereocenters. The van der Waals surface area contributed by atoms with Gasteiger partial charge < -0.3 is 9.64 Å². The summed E-state index contributed by atoms with van der Waals surface area (Å²) in [6.07, 6.45) is 2.19. The van der Waals surface area contributed by atoms with E-state index in [0.29, 0.717) is 41.4 Å². The highest BCUT2D eigenvalue weighted by atomic mass is 32.2. The number of aromatic nitrogens is 3. The summed E-state index contributed by atoms with van der Waals surface area (Å²) in [5.41, 5.74) is -0.227. The molecule has 24 heavy (non-hydrogen) atoms. The summed E-state index contributed by atoms with van der Waals surface area (Å²) in [4.78, 5) is 36.7. The Labute approximate surface area is 148 Å².